The number of nitrogens with zero attached hydrogens (tertiary/aromatic N) is 3. The molecule has 1 aliphatic heterocycles. The number of hydrogen-bond acceptors (Lipinski definition) is 6. The number of hydrogen-bond donors (Lipinski definition) is 1. The molecule has 36 heavy (non-hydrogen) atoms. The first kappa shape index (κ1) is 26.2. The lowest BCUT2D eigenvalue weighted by Gasteiger charge is -2.27. The second kappa shape index (κ2) is 12.9. The van der Waals surface area contributed by atoms with Gasteiger partial charge in [-0.3, -0.25) is 4.90 Å². The normalized spacial score (nSPS) is 16.4. The fourth-order valence-corrected chi connectivity index (χ4v) is 4.71. The minimum absolute atomic E-state index is 0.187. The zero-order valence-electron chi connectivity index (χ0n) is 21.7. The molecule has 0 unspecified atom stereocenters. The van der Waals surface area contributed by atoms with Gasteiger partial charge >= 0.3 is 0 Å². The maximum atomic E-state index is 10.8. The van der Waals surface area contributed by atoms with Gasteiger partial charge < -0.3 is 19.3 Å². The molecule has 7 heteroatoms. The van der Waals surface area contributed by atoms with Gasteiger partial charge in [-0.05, 0) is 50.5 Å². The van der Waals surface area contributed by atoms with E-state index in [1.165, 1.54) is 0 Å². The van der Waals surface area contributed by atoms with E-state index in [9.17, 15) is 5.11 Å². The largest absolute Gasteiger partial charge is 0.493 e. The Balaban J connectivity index is 1.68. The smallest absolute Gasteiger partial charge is 0.227 e. The Morgan fingerprint density at radius 2 is 1.89 bits per heavy atom. The van der Waals surface area contributed by atoms with Gasteiger partial charge in [-0.2, -0.15) is 5.10 Å². The van der Waals surface area contributed by atoms with E-state index in [-0.39, 0.29) is 12.2 Å². The van der Waals surface area contributed by atoms with Gasteiger partial charge in [0.05, 0.1) is 36.3 Å². The van der Waals surface area contributed by atoms with Crippen molar-refractivity contribution in [2.45, 2.75) is 64.7 Å². The van der Waals surface area contributed by atoms with Crippen molar-refractivity contribution >= 4 is 0 Å². The first-order chi connectivity index (χ1) is 17.6. The van der Waals surface area contributed by atoms with Crippen molar-refractivity contribution in [1.29, 1.82) is 0 Å². The SMILES string of the molecule is CCCC[C@@H](O)CN(Cc1c(C)nn(-c2ccccc2)c1Oc1ccccc1OC)C[C@@H]1CCCO1. The predicted molar refractivity (Wildman–Crippen MR) is 141 cm³/mol. The van der Waals surface area contributed by atoms with E-state index in [1.54, 1.807) is 7.11 Å². The second-order valence-electron chi connectivity index (χ2n) is 9.49. The molecule has 1 aromatic heterocycles. The van der Waals surface area contributed by atoms with E-state index >= 15 is 0 Å². The number of aromatic nitrogens is 2. The monoisotopic (exact) mass is 493 g/mol. The van der Waals surface area contributed by atoms with Gasteiger partial charge in [-0.1, -0.05) is 50.1 Å². The molecule has 3 aromatic rings. The van der Waals surface area contributed by atoms with Gasteiger partial charge in [0, 0.05) is 26.2 Å². The summed E-state index contributed by atoms with van der Waals surface area (Å²) in [6.45, 7) is 6.94. The van der Waals surface area contributed by atoms with Crippen molar-refractivity contribution in [3.05, 3.63) is 65.9 Å². The van der Waals surface area contributed by atoms with Crippen LogP contribution in [0.4, 0.5) is 0 Å². The van der Waals surface area contributed by atoms with Crippen LogP contribution in [0.2, 0.25) is 0 Å². The topological polar surface area (TPSA) is 69.0 Å². The number of para-hydroxylation sites is 3. The Labute approximate surface area is 214 Å². The number of ether oxygens (including phenoxy) is 3. The number of aryl methyl sites for hydroxylation is 1. The molecule has 2 atom stereocenters. The Morgan fingerprint density at radius 1 is 1.14 bits per heavy atom. The highest BCUT2D eigenvalue weighted by atomic mass is 16.5. The van der Waals surface area contributed by atoms with Crippen molar-refractivity contribution in [2.75, 3.05) is 26.8 Å². The number of methoxy groups -OCH3 is 1. The summed E-state index contributed by atoms with van der Waals surface area (Å²) in [5.74, 6) is 1.95. The summed E-state index contributed by atoms with van der Waals surface area (Å²) in [5, 5.41) is 15.7. The van der Waals surface area contributed by atoms with Crippen LogP contribution in [0.1, 0.15) is 50.3 Å². The summed E-state index contributed by atoms with van der Waals surface area (Å²) in [6.07, 6.45) is 4.83. The van der Waals surface area contributed by atoms with E-state index in [1.807, 2.05) is 66.2 Å². The molecule has 0 spiro atoms. The Morgan fingerprint density at radius 3 is 2.58 bits per heavy atom. The minimum atomic E-state index is -0.380. The summed E-state index contributed by atoms with van der Waals surface area (Å²) >= 11 is 0. The molecule has 4 rings (SSSR count). The van der Waals surface area contributed by atoms with Crippen molar-refractivity contribution < 1.29 is 19.3 Å². The molecule has 1 fully saturated rings. The summed E-state index contributed by atoms with van der Waals surface area (Å²) < 4.78 is 19.9. The number of aliphatic hydroxyl groups is 1. The van der Waals surface area contributed by atoms with Crippen LogP contribution in [0, 0.1) is 6.92 Å². The molecule has 0 aliphatic carbocycles. The fraction of sp³-hybridized carbons (Fsp3) is 0.483. The van der Waals surface area contributed by atoms with Crippen LogP contribution in [-0.2, 0) is 11.3 Å². The maximum Gasteiger partial charge on any atom is 0.227 e. The molecule has 1 N–H and O–H groups in total. The van der Waals surface area contributed by atoms with Crippen LogP contribution in [-0.4, -0.2) is 58.8 Å². The van der Waals surface area contributed by atoms with Gasteiger partial charge in [-0.15, -0.1) is 0 Å². The van der Waals surface area contributed by atoms with E-state index in [0.29, 0.717) is 30.5 Å². The molecule has 1 saturated heterocycles. The molecule has 0 saturated carbocycles. The Bertz CT molecular complexity index is 1080. The first-order valence-electron chi connectivity index (χ1n) is 13.1. The lowest BCUT2D eigenvalue weighted by atomic mass is 10.1. The second-order valence-corrected chi connectivity index (χ2v) is 9.49. The fourth-order valence-electron chi connectivity index (χ4n) is 4.71. The molecule has 0 amide bonds. The van der Waals surface area contributed by atoms with E-state index in [0.717, 1.165) is 62.2 Å². The van der Waals surface area contributed by atoms with Crippen molar-refractivity contribution in [1.82, 2.24) is 14.7 Å². The van der Waals surface area contributed by atoms with E-state index < -0.39 is 0 Å². The highest BCUT2D eigenvalue weighted by Gasteiger charge is 2.26. The van der Waals surface area contributed by atoms with Crippen LogP contribution in [0.15, 0.2) is 54.6 Å². The van der Waals surface area contributed by atoms with Gasteiger partial charge in [-0.25, -0.2) is 4.68 Å². The van der Waals surface area contributed by atoms with Crippen molar-refractivity contribution in [2.24, 2.45) is 0 Å². The average Bonchev–Trinajstić information content (AvgIpc) is 3.52. The lowest BCUT2D eigenvalue weighted by Crippen LogP contribution is -2.37. The third-order valence-corrected chi connectivity index (χ3v) is 6.64. The molecule has 0 bridgehead atoms. The Hall–Kier alpha value is -2.87. The zero-order valence-corrected chi connectivity index (χ0v) is 21.7. The third-order valence-electron chi connectivity index (χ3n) is 6.64. The van der Waals surface area contributed by atoms with Gasteiger partial charge in [0.1, 0.15) is 0 Å². The summed E-state index contributed by atoms with van der Waals surface area (Å²) in [4.78, 5) is 2.30. The summed E-state index contributed by atoms with van der Waals surface area (Å²) in [5.41, 5.74) is 2.81. The lowest BCUT2D eigenvalue weighted by molar-refractivity contribution is 0.0434. The maximum absolute atomic E-state index is 10.8. The molecule has 2 heterocycles. The van der Waals surface area contributed by atoms with Gasteiger partial charge in [0.2, 0.25) is 5.88 Å². The standard InChI is InChI=1S/C29H39N3O4/c1-4-5-14-24(33)19-31(20-25-15-11-18-35-25)21-26-22(2)30-32(23-12-7-6-8-13-23)29(26)36-28-17-10-9-16-27(28)34-3/h6-10,12-13,16-17,24-25,33H,4-5,11,14-15,18-21H2,1-3H3/t24-,25+/m1/s1. The molecular weight excluding hydrogens is 454 g/mol. The van der Waals surface area contributed by atoms with Crippen molar-refractivity contribution in [3.8, 4) is 23.1 Å². The predicted octanol–water partition coefficient (Wildman–Crippen LogP) is 5.51. The van der Waals surface area contributed by atoms with E-state index in [4.69, 9.17) is 19.3 Å². The van der Waals surface area contributed by atoms with Crippen LogP contribution in [0.3, 0.4) is 0 Å². The quantitative estimate of drug-likeness (QED) is 0.338. The molecule has 194 valence electrons. The molecular formula is C29H39N3O4. The average molecular weight is 494 g/mol. The minimum Gasteiger partial charge on any atom is -0.493 e. The van der Waals surface area contributed by atoms with Crippen LogP contribution >= 0.6 is 0 Å². The number of rotatable bonds is 13. The highest BCUT2D eigenvalue weighted by molar-refractivity contribution is 5.47. The van der Waals surface area contributed by atoms with Crippen LogP contribution in [0.5, 0.6) is 17.4 Å². The van der Waals surface area contributed by atoms with Crippen LogP contribution in [0.25, 0.3) is 5.69 Å². The summed E-state index contributed by atoms with van der Waals surface area (Å²) in [7, 11) is 1.64. The van der Waals surface area contributed by atoms with Crippen LogP contribution < -0.4 is 9.47 Å². The zero-order chi connectivity index (χ0) is 25.3. The van der Waals surface area contributed by atoms with E-state index in [2.05, 4.69) is 11.8 Å². The van der Waals surface area contributed by atoms with Crippen molar-refractivity contribution in [3.63, 3.8) is 0 Å². The van der Waals surface area contributed by atoms with Gasteiger partial charge in [0.25, 0.3) is 0 Å². The Kier molecular flexibility index (Phi) is 9.39. The highest BCUT2D eigenvalue weighted by Crippen LogP contribution is 2.36. The number of benzene rings is 2. The molecule has 0 radical (unpaired) electrons. The molecule has 1 aliphatic rings. The summed E-state index contributed by atoms with van der Waals surface area (Å²) in [6, 6.07) is 17.7. The number of unbranched alkanes of at least 4 members (excludes halogenated alkanes) is 1. The molecule has 2 aromatic carbocycles. The van der Waals surface area contributed by atoms with Gasteiger partial charge in [0.15, 0.2) is 11.5 Å². The number of aliphatic hydroxyl groups excluding tert-OH is 1. The first-order valence-corrected chi connectivity index (χ1v) is 13.1. The third kappa shape index (κ3) is 6.66. The molecule has 7 nitrogen and oxygen atoms in total.